The second kappa shape index (κ2) is 9.22. The molecule has 174 valence electrons. The summed E-state index contributed by atoms with van der Waals surface area (Å²) in [5, 5.41) is 4.74. The van der Waals surface area contributed by atoms with Gasteiger partial charge in [-0.3, -0.25) is 4.68 Å². The third-order valence-electron chi connectivity index (χ3n) is 6.90. The Balaban J connectivity index is 1.37. The van der Waals surface area contributed by atoms with E-state index in [0.29, 0.717) is 11.8 Å². The van der Waals surface area contributed by atoms with Crippen LogP contribution < -0.4 is 4.72 Å². The molecule has 2 aromatic carbocycles. The van der Waals surface area contributed by atoms with Crippen molar-refractivity contribution >= 4 is 21.6 Å². The van der Waals surface area contributed by atoms with Gasteiger partial charge in [-0.05, 0) is 78.6 Å². The summed E-state index contributed by atoms with van der Waals surface area (Å²) in [4.78, 5) is 2.73. The topological polar surface area (TPSA) is 67.2 Å². The summed E-state index contributed by atoms with van der Waals surface area (Å²) in [6.45, 7) is 3.75. The summed E-state index contributed by atoms with van der Waals surface area (Å²) >= 11 is 6.26. The largest absolute Gasteiger partial charge is 0.303 e. The number of nitrogens with zero attached hydrogens (tertiary/aromatic N) is 3. The summed E-state index contributed by atoms with van der Waals surface area (Å²) in [5.41, 5.74) is 4.95. The number of hydrogen-bond acceptors (Lipinski definition) is 4. The Kier molecular flexibility index (Phi) is 6.31. The number of sulfonamides is 1. The van der Waals surface area contributed by atoms with Gasteiger partial charge in [0.15, 0.2) is 0 Å². The number of nitrogens with one attached hydrogen (secondary N) is 1. The Morgan fingerprint density at radius 3 is 2.70 bits per heavy atom. The van der Waals surface area contributed by atoms with Crippen LogP contribution in [0.5, 0.6) is 0 Å². The Morgan fingerprint density at radius 2 is 2.00 bits per heavy atom. The lowest BCUT2D eigenvalue weighted by atomic mass is 9.85. The van der Waals surface area contributed by atoms with E-state index in [0.717, 1.165) is 30.0 Å². The van der Waals surface area contributed by atoms with Crippen LogP contribution in [0.3, 0.4) is 0 Å². The maximum absolute atomic E-state index is 12.6. The van der Waals surface area contributed by atoms with Gasteiger partial charge in [0.2, 0.25) is 10.0 Å². The maximum Gasteiger partial charge on any atom is 0.243 e. The van der Waals surface area contributed by atoms with Gasteiger partial charge in [-0.2, -0.15) is 5.10 Å². The minimum atomic E-state index is -3.60. The third kappa shape index (κ3) is 5.01. The van der Waals surface area contributed by atoms with E-state index in [1.54, 1.807) is 7.05 Å². The second-order valence-electron chi connectivity index (χ2n) is 9.27. The van der Waals surface area contributed by atoms with E-state index in [4.69, 9.17) is 11.6 Å². The summed E-state index contributed by atoms with van der Waals surface area (Å²) in [7, 11) is -1.89. The molecule has 3 aromatic rings. The predicted molar refractivity (Wildman–Crippen MR) is 130 cm³/mol. The van der Waals surface area contributed by atoms with Crippen molar-refractivity contribution in [3.8, 4) is 0 Å². The van der Waals surface area contributed by atoms with Crippen molar-refractivity contribution in [3.05, 3.63) is 82.1 Å². The van der Waals surface area contributed by atoms with E-state index in [1.807, 2.05) is 18.2 Å². The molecule has 0 saturated carbocycles. The normalized spacial score (nSPS) is 20.5. The molecule has 0 bridgehead atoms. The van der Waals surface area contributed by atoms with Crippen molar-refractivity contribution in [1.29, 1.82) is 0 Å². The van der Waals surface area contributed by atoms with Gasteiger partial charge in [0.05, 0.1) is 6.20 Å². The molecule has 1 N–H and O–H groups in total. The maximum atomic E-state index is 12.6. The van der Waals surface area contributed by atoms with Crippen molar-refractivity contribution < 1.29 is 8.42 Å². The van der Waals surface area contributed by atoms with Crippen LogP contribution in [0.4, 0.5) is 0 Å². The zero-order chi connectivity index (χ0) is 23.0. The van der Waals surface area contributed by atoms with Crippen LogP contribution in [0.25, 0.3) is 0 Å². The fourth-order valence-electron chi connectivity index (χ4n) is 5.05. The summed E-state index contributed by atoms with van der Waals surface area (Å²) in [6.07, 6.45) is 6.18. The molecular weight excluding hydrogens is 456 g/mol. The van der Waals surface area contributed by atoms with Crippen LogP contribution in [0, 0.1) is 5.92 Å². The SMILES string of the molecule is Cn1cc(S(=O)(=O)NCc2ccc3c(c2)C(Cc2cccc(Cl)c2)C(CN2CCC2)C3)cn1. The number of benzene rings is 2. The minimum absolute atomic E-state index is 0.180. The molecule has 0 radical (unpaired) electrons. The Bertz CT molecular complexity index is 1250. The number of aromatic nitrogens is 2. The van der Waals surface area contributed by atoms with Crippen LogP contribution in [-0.2, 0) is 36.5 Å². The van der Waals surface area contributed by atoms with E-state index in [1.165, 1.54) is 53.3 Å². The molecule has 1 saturated heterocycles. The highest BCUT2D eigenvalue weighted by atomic mass is 35.5. The van der Waals surface area contributed by atoms with Crippen molar-refractivity contribution in [2.75, 3.05) is 19.6 Å². The van der Waals surface area contributed by atoms with Crippen LogP contribution in [0.15, 0.2) is 59.8 Å². The van der Waals surface area contributed by atoms with Crippen LogP contribution in [0.1, 0.15) is 34.6 Å². The average molecular weight is 485 g/mol. The smallest absolute Gasteiger partial charge is 0.243 e. The molecule has 33 heavy (non-hydrogen) atoms. The van der Waals surface area contributed by atoms with Gasteiger partial charge >= 0.3 is 0 Å². The average Bonchev–Trinajstić information content (AvgIpc) is 3.34. The molecule has 1 aliphatic heterocycles. The second-order valence-corrected chi connectivity index (χ2v) is 11.5. The van der Waals surface area contributed by atoms with Crippen molar-refractivity contribution in [1.82, 2.24) is 19.4 Å². The van der Waals surface area contributed by atoms with Gasteiger partial charge in [0.25, 0.3) is 0 Å². The lowest BCUT2D eigenvalue weighted by Gasteiger charge is -2.35. The summed E-state index contributed by atoms with van der Waals surface area (Å²) < 4.78 is 29.5. The zero-order valence-electron chi connectivity index (χ0n) is 18.7. The van der Waals surface area contributed by atoms with Gasteiger partial charge in [0, 0.05) is 31.4 Å². The monoisotopic (exact) mass is 484 g/mol. The van der Waals surface area contributed by atoms with E-state index in [2.05, 4.69) is 39.0 Å². The highest BCUT2D eigenvalue weighted by Crippen LogP contribution is 2.41. The quantitative estimate of drug-likeness (QED) is 0.528. The molecule has 0 amide bonds. The summed E-state index contributed by atoms with van der Waals surface area (Å²) in [6, 6.07) is 14.6. The van der Waals surface area contributed by atoms with Crippen molar-refractivity contribution in [2.24, 2.45) is 13.0 Å². The molecule has 2 aliphatic rings. The molecule has 5 rings (SSSR count). The van der Waals surface area contributed by atoms with E-state index in [-0.39, 0.29) is 11.4 Å². The van der Waals surface area contributed by atoms with E-state index >= 15 is 0 Å². The third-order valence-corrected chi connectivity index (χ3v) is 8.50. The van der Waals surface area contributed by atoms with Gasteiger partial charge < -0.3 is 4.90 Å². The Hall–Kier alpha value is -2.19. The predicted octanol–water partition coefficient (Wildman–Crippen LogP) is 3.76. The Morgan fingerprint density at radius 1 is 1.15 bits per heavy atom. The van der Waals surface area contributed by atoms with Crippen molar-refractivity contribution in [2.45, 2.75) is 36.6 Å². The fourth-order valence-corrected chi connectivity index (χ4v) is 6.26. The number of halogens is 1. The molecule has 2 heterocycles. The first-order valence-corrected chi connectivity index (χ1v) is 13.3. The lowest BCUT2D eigenvalue weighted by Crippen LogP contribution is -2.41. The molecule has 8 heteroatoms. The van der Waals surface area contributed by atoms with Crippen LogP contribution in [-0.4, -0.2) is 42.7 Å². The molecule has 2 unspecified atom stereocenters. The van der Waals surface area contributed by atoms with Crippen LogP contribution in [0.2, 0.25) is 5.02 Å². The molecule has 1 aliphatic carbocycles. The molecule has 1 fully saturated rings. The lowest BCUT2D eigenvalue weighted by molar-refractivity contribution is 0.145. The molecule has 6 nitrogen and oxygen atoms in total. The molecular formula is C25H29ClN4O2S. The first kappa shape index (κ1) is 22.6. The number of hydrogen-bond donors (Lipinski definition) is 1. The first-order valence-electron chi connectivity index (χ1n) is 11.4. The van der Waals surface area contributed by atoms with Gasteiger partial charge in [-0.25, -0.2) is 13.1 Å². The molecule has 2 atom stereocenters. The number of aryl methyl sites for hydroxylation is 1. The zero-order valence-corrected chi connectivity index (χ0v) is 20.3. The first-order chi connectivity index (χ1) is 15.9. The highest BCUT2D eigenvalue weighted by molar-refractivity contribution is 7.89. The van der Waals surface area contributed by atoms with Gasteiger partial charge in [-0.15, -0.1) is 0 Å². The van der Waals surface area contributed by atoms with Crippen molar-refractivity contribution in [3.63, 3.8) is 0 Å². The van der Waals surface area contributed by atoms with Gasteiger partial charge in [-0.1, -0.05) is 41.9 Å². The summed E-state index contributed by atoms with van der Waals surface area (Å²) in [5.74, 6) is 0.954. The Labute approximate surface area is 200 Å². The number of rotatable bonds is 8. The van der Waals surface area contributed by atoms with E-state index in [9.17, 15) is 8.42 Å². The number of fused-ring (bicyclic) bond motifs is 1. The standard InChI is InChI=1S/C25H29ClN4O2S/c1-29-17-23(15-27-29)33(31,32)28-14-19-6-7-20-13-21(16-30-8-3-9-30)25(24(20)12-19)11-18-4-2-5-22(26)10-18/h2,4-7,10,12,15,17,21,25,28H,3,8-9,11,13-14,16H2,1H3. The van der Waals surface area contributed by atoms with E-state index < -0.39 is 10.0 Å². The minimum Gasteiger partial charge on any atom is -0.303 e. The molecule has 0 spiro atoms. The number of likely N-dealkylation sites (tertiary alicyclic amines) is 1. The molecule has 1 aromatic heterocycles. The highest BCUT2D eigenvalue weighted by Gasteiger charge is 2.34. The van der Waals surface area contributed by atoms with Gasteiger partial charge in [0.1, 0.15) is 4.90 Å². The van der Waals surface area contributed by atoms with Crippen LogP contribution >= 0.6 is 11.6 Å². The fraction of sp³-hybridized carbons (Fsp3) is 0.400.